The van der Waals surface area contributed by atoms with E-state index < -0.39 is 0 Å². The van der Waals surface area contributed by atoms with Crippen LogP contribution in [-0.4, -0.2) is 35.0 Å². The highest BCUT2D eigenvalue weighted by Gasteiger charge is 2.35. The van der Waals surface area contributed by atoms with E-state index in [4.69, 9.17) is 30.0 Å². The number of amidine groups is 6. The quantitative estimate of drug-likeness (QED) is 0.121. The first kappa shape index (κ1) is 67.7. The van der Waals surface area contributed by atoms with Gasteiger partial charge in [-0.05, 0) is 175 Å². The highest BCUT2D eigenvalue weighted by atomic mass is 32.2. The predicted octanol–water partition coefficient (Wildman–Crippen LogP) is 24.3. The number of aliphatic imine (C=N–C) groups is 6. The Labute approximate surface area is 595 Å². The van der Waals surface area contributed by atoms with Crippen molar-refractivity contribution in [3.63, 3.8) is 0 Å². The van der Waals surface area contributed by atoms with E-state index in [1.165, 1.54) is 33.4 Å². The maximum Gasteiger partial charge on any atom is 0.164 e. The molecule has 0 atom stereocenters. The smallest absolute Gasteiger partial charge is 0.164 e. The summed E-state index contributed by atoms with van der Waals surface area (Å²) >= 11 is 10.6. The highest BCUT2D eigenvalue weighted by molar-refractivity contribution is 8.03. The molecule has 4 aliphatic heterocycles. The zero-order chi connectivity index (χ0) is 68.0. The lowest BCUT2D eigenvalue weighted by atomic mass is 9.87. The third-order valence-corrected chi connectivity index (χ3v) is 24.4. The number of fused-ring (bicyclic) bond motifs is 12. The second-order valence-corrected chi connectivity index (χ2v) is 38.1. The molecule has 4 aliphatic rings. The Bertz CT molecular complexity index is 4230. The summed E-state index contributed by atoms with van der Waals surface area (Å²) in [5, 5.41) is 0. The van der Waals surface area contributed by atoms with Gasteiger partial charge in [0.2, 0.25) is 0 Å². The molecule has 0 aliphatic carbocycles. The molecule has 9 aromatic carbocycles. The van der Waals surface area contributed by atoms with E-state index in [0.29, 0.717) is 35.0 Å². The van der Waals surface area contributed by atoms with Crippen molar-refractivity contribution in [3.05, 3.63) is 249 Å². The second-order valence-electron chi connectivity index (χ2n) is 31.4. The van der Waals surface area contributed by atoms with E-state index in [9.17, 15) is 0 Å². The van der Waals surface area contributed by atoms with Gasteiger partial charge in [0.15, 0.2) is 35.0 Å². The summed E-state index contributed by atoms with van der Waals surface area (Å²) in [6.45, 7) is 40.8. The van der Waals surface area contributed by atoms with Gasteiger partial charge in [0.05, 0.1) is 0 Å². The summed E-state index contributed by atoms with van der Waals surface area (Å²) in [6, 6.07) is 67.9. The number of benzene rings is 9. The molecule has 0 aromatic heterocycles. The van der Waals surface area contributed by atoms with Crippen molar-refractivity contribution in [1.29, 1.82) is 0 Å². The van der Waals surface area contributed by atoms with Gasteiger partial charge in [0, 0.05) is 92.1 Å². The molecular formula is C84H84N6S6. The Hall–Kier alpha value is -6.90. The molecule has 0 N–H and O–H groups in total. The van der Waals surface area contributed by atoms with Gasteiger partial charge in [-0.2, -0.15) is 0 Å². The SMILES string of the molecule is CC(C)(C)c1ccc(Sc2cc3c(cc2Sc2ccc(C(C)(C)C)cc2)C2=NC4=NC(=NC5=NC(=NC3=N2)c2cc(Sc3ccc(C(C)(C)C)cc3)c(Sc3ccc(C(C)(C)C)cc3)cc25)c2cc(Sc3ccc(C(C)(C)C)cc3)c(Sc3ccc(C(C)(C)C)cc3)cc24)cc1. The van der Waals surface area contributed by atoms with Crippen molar-refractivity contribution in [1.82, 2.24) is 0 Å². The summed E-state index contributed by atoms with van der Waals surface area (Å²) in [5.74, 6) is 3.24. The fourth-order valence-electron chi connectivity index (χ4n) is 11.6. The summed E-state index contributed by atoms with van der Waals surface area (Å²) in [7, 11) is 0. The molecule has 0 radical (unpaired) electrons. The van der Waals surface area contributed by atoms with E-state index in [0.717, 1.165) is 92.1 Å². The average Bonchev–Trinajstić information content (AvgIpc) is 1.58. The molecule has 0 saturated carbocycles. The van der Waals surface area contributed by atoms with Crippen molar-refractivity contribution < 1.29 is 0 Å². The monoisotopic (exact) mass is 1370 g/mol. The highest BCUT2D eigenvalue weighted by Crippen LogP contribution is 2.48. The first-order valence-electron chi connectivity index (χ1n) is 33.0. The van der Waals surface area contributed by atoms with Gasteiger partial charge in [-0.1, -0.05) is 268 Å². The molecule has 0 fully saturated rings. The molecule has 486 valence electrons. The molecule has 6 nitrogen and oxygen atoms in total. The van der Waals surface area contributed by atoms with Crippen molar-refractivity contribution in [2.24, 2.45) is 30.0 Å². The van der Waals surface area contributed by atoms with E-state index in [-0.39, 0.29) is 32.5 Å². The Morgan fingerprint density at radius 3 is 0.396 bits per heavy atom. The molecule has 12 heteroatoms. The molecule has 9 aromatic rings. The normalized spacial score (nSPS) is 14.6. The minimum Gasteiger partial charge on any atom is -0.208 e. The molecule has 6 bridgehead atoms. The Morgan fingerprint density at radius 1 is 0.177 bits per heavy atom. The Kier molecular flexibility index (Phi) is 18.2. The number of hydrogen-bond donors (Lipinski definition) is 0. The van der Waals surface area contributed by atoms with E-state index in [2.05, 4.69) is 307 Å². The van der Waals surface area contributed by atoms with E-state index in [1.54, 1.807) is 70.6 Å². The minimum absolute atomic E-state index is 0.0186. The fraction of sp³-hybridized carbons (Fsp3) is 0.286. The topological polar surface area (TPSA) is 74.2 Å². The standard InChI is InChI=1S/C84H84N6S6/c1-79(2,3)49-19-31-55(32-20-49)91-67-43-61-62(44-68(67)92-56-33-21-50(22-34-56)80(4,5)6)74-85-73(61)88-75-63-45-69(93-57-35-23-51(24-36-57)81(7,8)9)70(94-58-37-25-52(26-38-58)82(10,11)12)46-64(63)77(86-75)90-78-66-48-72(96-60-41-29-54(30-42-60)84(16,17)18)71(47-65(66)76(87-78)89-74)95-59-39-27-53(28-40-59)83(13,14)15/h19-48H,1-18H3. The molecule has 13 rings (SSSR count). The van der Waals surface area contributed by atoms with Crippen molar-refractivity contribution in [2.45, 2.75) is 216 Å². The predicted molar refractivity (Wildman–Crippen MR) is 414 cm³/mol. The summed E-state index contributed by atoms with van der Waals surface area (Å²) in [4.78, 5) is 46.8. The summed E-state index contributed by atoms with van der Waals surface area (Å²) in [5.41, 5.74) is 13.1. The van der Waals surface area contributed by atoms with Gasteiger partial charge in [-0.25, -0.2) is 30.0 Å². The van der Waals surface area contributed by atoms with Gasteiger partial charge in [-0.15, -0.1) is 0 Å². The second kappa shape index (κ2) is 25.8. The minimum atomic E-state index is 0.0186. The van der Waals surface area contributed by atoms with Crippen LogP contribution in [0.5, 0.6) is 0 Å². The molecule has 0 saturated heterocycles. The summed E-state index contributed by atoms with van der Waals surface area (Å²) < 4.78 is 0. The molecule has 0 amide bonds. The van der Waals surface area contributed by atoms with Crippen LogP contribution in [0.3, 0.4) is 0 Å². The lowest BCUT2D eigenvalue weighted by Crippen LogP contribution is -2.10. The lowest BCUT2D eigenvalue weighted by molar-refractivity contribution is 0.589. The maximum atomic E-state index is 5.61. The average molecular weight is 1370 g/mol. The zero-order valence-corrected chi connectivity index (χ0v) is 63.4. The first-order chi connectivity index (χ1) is 45.2. The van der Waals surface area contributed by atoms with Crippen LogP contribution in [0.25, 0.3) is 0 Å². The number of hydrogen-bond acceptors (Lipinski definition) is 12. The van der Waals surface area contributed by atoms with Crippen LogP contribution in [0.2, 0.25) is 0 Å². The van der Waals surface area contributed by atoms with Gasteiger partial charge in [-0.3, -0.25) is 0 Å². The van der Waals surface area contributed by atoms with Crippen LogP contribution in [0.1, 0.15) is 191 Å². The van der Waals surface area contributed by atoms with E-state index in [1.807, 2.05) is 0 Å². The third kappa shape index (κ3) is 14.8. The van der Waals surface area contributed by atoms with E-state index >= 15 is 0 Å². The van der Waals surface area contributed by atoms with Gasteiger partial charge >= 0.3 is 0 Å². The molecule has 0 spiro atoms. The van der Waals surface area contributed by atoms with Crippen molar-refractivity contribution in [2.75, 3.05) is 0 Å². The zero-order valence-electron chi connectivity index (χ0n) is 58.5. The number of rotatable bonds is 12. The Balaban J connectivity index is 1.02. The molecule has 4 heterocycles. The van der Waals surface area contributed by atoms with Crippen LogP contribution < -0.4 is 0 Å². The van der Waals surface area contributed by atoms with Crippen molar-refractivity contribution >= 4 is 106 Å². The van der Waals surface area contributed by atoms with Gasteiger partial charge < -0.3 is 0 Å². The van der Waals surface area contributed by atoms with Gasteiger partial charge in [0.1, 0.15) is 0 Å². The molecule has 0 unspecified atom stereocenters. The maximum absolute atomic E-state index is 5.61. The van der Waals surface area contributed by atoms with Crippen LogP contribution >= 0.6 is 70.6 Å². The summed E-state index contributed by atoms with van der Waals surface area (Å²) in [6.07, 6.45) is 0. The van der Waals surface area contributed by atoms with Crippen molar-refractivity contribution in [3.8, 4) is 0 Å². The fourth-order valence-corrected chi connectivity index (χ4v) is 17.6. The Morgan fingerprint density at radius 2 is 0.292 bits per heavy atom. The van der Waals surface area contributed by atoms with Crippen LogP contribution in [-0.2, 0) is 32.5 Å². The van der Waals surface area contributed by atoms with Crippen LogP contribution in [0.15, 0.2) is 271 Å². The van der Waals surface area contributed by atoms with Crippen LogP contribution in [0, 0.1) is 0 Å². The molecule has 96 heavy (non-hydrogen) atoms. The third-order valence-electron chi connectivity index (χ3n) is 17.7. The molecular weight excluding hydrogens is 1290 g/mol. The van der Waals surface area contributed by atoms with Gasteiger partial charge in [0.25, 0.3) is 0 Å². The number of nitrogens with zero attached hydrogens (tertiary/aromatic N) is 6. The van der Waals surface area contributed by atoms with Crippen LogP contribution in [0.4, 0.5) is 0 Å². The lowest BCUT2D eigenvalue weighted by Gasteiger charge is -2.20. The first-order valence-corrected chi connectivity index (χ1v) is 37.9. The largest absolute Gasteiger partial charge is 0.208 e.